The van der Waals surface area contributed by atoms with Gasteiger partial charge in [0.25, 0.3) is 0 Å². The highest BCUT2D eigenvalue weighted by atomic mass is 79.9. The summed E-state index contributed by atoms with van der Waals surface area (Å²) in [5, 5.41) is 14.5. The second-order valence-corrected chi connectivity index (χ2v) is 8.46. The molecule has 162 valence electrons. The summed E-state index contributed by atoms with van der Waals surface area (Å²) in [6, 6.07) is 14.7. The minimum absolute atomic E-state index is 0.115. The number of carbonyl (C=O) groups excluding carboxylic acids is 2. The lowest BCUT2D eigenvalue weighted by atomic mass is 10.1. The number of nitrogens with one attached hydrogen (secondary N) is 2. The van der Waals surface area contributed by atoms with Gasteiger partial charge in [-0.1, -0.05) is 39.8 Å². The van der Waals surface area contributed by atoms with Crippen LogP contribution in [-0.4, -0.2) is 39.4 Å². The summed E-state index contributed by atoms with van der Waals surface area (Å²) in [5.41, 5.74) is 1.62. The molecule has 0 aliphatic rings. The van der Waals surface area contributed by atoms with Gasteiger partial charge in [-0.05, 0) is 42.0 Å². The smallest absolute Gasteiger partial charge is 0.234 e. The van der Waals surface area contributed by atoms with Crippen molar-refractivity contribution in [1.82, 2.24) is 20.1 Å². The van der Waals surface area contributed by atoms with Crippen molar-refractivity contribution in [2.45, 2.75) is 18.1 Å². The fourth-order valence-electron chi connectivity index (χ4n) is 2.65. The number of thioether (sulfide) groups is 1. The number of rotatable bonds is 9. The molecule has 0 saturated heterocycles. The monoisotopic (exact) mass is 503 g/mol. The molecule has 2 amide bonds. The highest BCUT2D eigenvalue weighted by Gasteiger charge is 2.13. The fourth-order valence-corrected chi connectivity index (χ4v) is 3.65. The van der Waals surface area contributed by atoms with Crippen LogP contribution >= 0.6 is 27.7 Å². The van der Waals surface area contributed by atoms with E-state index in [9.17, 15) is 9.59 Å². The third kappa shape index (κ3) is 6.83. The van der Waals surface area contributed by atoms with Gasteiger partial charge in [-0.2, -0.15) is 0 Å². The molecule has 1 heterocycles. The van der Waals surface area contributed by atoms with Gasteiger partial charge in [0, 0.05) is 17.2 Å². The van der Waals surface area contributed by atoms with Gasteiger partial charge < -0.3 is 19.9 Å². The lowest BCUT2D eigenvalue weighted by Gasteiger charge is -2.07. The first-order chi connectivity index (χ1) is 14.9. The number of halogens is 1. The van der Waals surface area contributed by atoms with E-state index in [0.29, 0.717) is 11.0 Å². The first kappa shape index (κ1) is 22.8. The molecule has 10 heteroatoms. The maximum Gasteiger partial charge on any atom is 0.234 e. The Bertz CT molecular complexity index is 1040. The molecule has 2 aromatic carbocycles. The number of benzene rings is 2. The summed E-state index contributed by atoms with van der Waals surface area (Å²) in [4.78, 5) is 24.4. The summed E-state index contributed by atoms with van der Waals surface area (Å²) in [6.45, 7) is 0.254. The van der Waals surface area contributed by atoms with Crippen molar-refractivity contribution < 1.29 is 14.3 Å². The lowest BCUT2D eigenvalue weighted by molar-refractivity contribution is -0.120. The number of ether oxygens (including phenoxy) is 1. The highest BCUT2D eigenvalue weighted by molar-refractivity contribution is 9.10. The van der Waals surface area contributed by atoms with E-state index in [1.807, 2.05) is 48.5 Å². The van der Waals surface area contributed by atoms with Crippen LogP contribution in [0.3, 0.4) is 0 Å². The number of methoxy groups -OCH3 is 1. The van der Waals surface area contributed by atoms with E-state index in [-0.39, 0.29) is 30.5 Å². The van der Waals surface area contributed by atoms with Gasteiger partial charge >= 0.3 is 0 Å². The molecule has 3 aromatic rings. The van der Waals surface area contributed by atoms with Gasteiger partial charge in [0.1, 0.15) is 5.75 Å². The van der Waals surface area contributed by atoms with E-state index in [0.717, 1.165) is 21.5 Å². The van der Waals surface area contributed by atoms with E-state index >= 15 is 0 Å². The van der Waals surface area contributed by atoms with E-state index in [1.165, 1.54) is 11.8 Å². The van der Waals surface area contributed by atoms with Crippen molar-refractivity contribution in [3.05, 3.63) is 64.4 Å². The summed E-state index contributed by atoms with van der Waals surface area (Å²) in [7, 11) is 3.41. The number of aromatic nitrogens is 3. The van der Waals surface area contributed by atoms with Gasteiger partial charge in [0.2, 0.25) is 11.8 Å². The first-order valence-corrected chi connectivity index (χ1v) is 11.2. The number of carbonyl (C=O) groups is 2. The van der Waals surface area contributed by atoms with E-state index in [4.69, 9.17) is 4.74 Å². The Morgan fingerprint density at radius 3 is 2.45 bits per heavy atom. The number of hydrogen-bond donors (Lipinski definition) is 2. The second-order valence-electron chi connectivity index (χ2n) is 6.60. The van der Waals surface area contributed by atoms with Crippen molar-refractivity contribution in [3.8, 4) is 5.75 Å². The van der Waals surface area contributed by atoms with E-state index < -0.39 is 0 Å². The zero-order chi connectivity index (χ0) is 22.2. The molecule has 31 heavy (non-hydrogen) atoms. The molecule has 1 aromatic heterocycles. The fraction of sp³-hybridized carbons (Fsp3) is 0.238. The van der Waals surface area contributed by atoms with Crippen LogP contribution in [-0.2, 0) is 29.6 Å². The molecular formula is C21H22BrN5O3S. The summed E-state index contributed by atoms with van der Waals surface area (Å²) >= 11 is 4.64. The maximum absolute atomic E-state index is 12.2. The lowest BCUT2D eigenvalue weighted by Crippen LogP contribution is -2.26. The van der Waals surface area contributed by atoms with Crippen LogP contribution in [0.2, 0.25) is 0 Å². The minimum atomic E-state index is -0.135. The minimum Gasteiger partial charge on any atom is -0.497 e. The Hall–Kier alpha value is -2.85. The van der Waals surface area contributed by atoms with Crippen molar-refractivity contribution in [3.63, 3.8) is 0 Å². The maximum atomic E-state index is 12.2. The van der Waals surface area contributed by atoms with Crippen LogP contribution in [0, 0.1) is 0 Å². The van der Waals surface area contributed by atoms with Crippen LogP contribution in [0.1, 0.15) is 11.4 Å². The number of hydrogen-bond acceptors (Lipinski definition) is 6. The normalized spacial score (nSPS) is 10.5. The first-order valence-electron chi connectivity index (χ1n) is 9.40. The molecule has 0 unspecified atom stereocenters. The Kier molecular flexibility index (Phi) is 8.07. The Balaban J connectivity index is 1.46. The number of amides is 2. The molecule has 3 rings (SSSR count). The van der Waals surface area contributed by atoms with Gasteiger partial charge in [-0.15, -0.1) is 10.2 Å². The van der Waals surface area contributed by atoms with Gasteiger partial charge in [0.15, 0.2) is 11.0 Å². The van der Waals surface area contributed by atoms with Crippen LogP contribution in [0.15, 0.2) is 58.2 Å². The molecule has 0 aliphatic carbocycles. The molecule has 0 fully saturated rings. The van der Waals surface area contributed by atoms with Crippen LogP contribution in [0.4, 0.5) is 5.69 Å². The van der Waals surface area contributed by atoms with Crippen molar-refractivity contribution >= 4 is 45.2 Å². The summed E-state index contributed by atoms with van der Waals surface area (Å²) in [6.07, 6.45) is 0.264. The summed E-state index contributed by atoms with van der Waals surface area (Å²) < 4.78 is 7.83. The molecule has 0 aliphatic heterocycles. The van der Waals surface area contributed by atoms with Crippen LogP contribution in [0.25, 0.3) is 0 Å². The zero-order valence-corrected chi connectivity index (χ0v) is 19.5. The predicted octanol–water partition coefficient (Wildman–Crippen LogP) is 3.18. The van der Waals surface area contributed by atoms with Crippen LogP contribution in [0.5, 0.6) is 5.75 Å². The van der Waals surface area contributed by atoms with Crippen molar-refractivity contribution in [2.75, 3.05) is 18.2 Å². The molecule has 0 spiro atoms. The van der Waals surface area contributed by atoms with E-state index in [2.05, 4.69) is 36.8 Å². The number of anilines is 1. The van der Waals surface area contributed by atoms with Crippen LogP contribution < -0.4 is 15.4 Å². The second kappa shape index (κ2) is 11.0. The molecule has 0 radical (unpaired) electrons. The number of nitrogens with zero attached hydrogens (tertiary/aromatic N) is 3. The van der Waals surface area contributed by atoms with E-state index in [1.54, 1.807) is 18.7 Å². The molecule has 2 N–H and O–H groups in total. The molecule has 8 nitrogen and oxygen atoms in total. The summed E-state index contributed by atoms with van der Waals surface area (Å²) in [5.74, 6) is 1.31. The Labute approximate surface area is 192 Å². The standard InChI is InChI=1S/C21H22BrN5O3S/c1-27-18(12-23-19(28)11-14-3-9-17(30-2)10-4-14)25-26-21(27)31-13-20(29)24-16-7-5-15(22)6-8-16/h3-10H,11-13H2,1-2H3,(H,23,28)(H,24,29). The average molecular weight is 504 g/mol. The predicted molar refractivity (Wildman–Crippen MR) is 123 cm³/mol. The SMILES string of the molecule is COc1ccc(CC(=O)NCc2nnc(SCC(=O)Nc3ccc(Br)cc3)n2C)cc1. The third-order valence-corrected chi connectivity index (χ3v) is 5.90. The molecule has 0 bridgehead atoms. The van der Waals surface area contributed by atoms with Gasteiger partial charge in [-0.3, -0.25) is 9.59 Å². The Morgan fingerprint density at radius 1 is 1.06 bits per heavy atom. The molecule has 0 saturated carbocycles. The molecular weight excluding hydrogens is 482 g/mol. The molecule has 0 atom stereocenters. The average Bonchev–Trinajstić information content (AvgIpc) is 3.12. The zero-order valence-electron chi connectivity index (χ0n) is 17.1. The topological polar surface area (TPSA) is 98.1 Å². The third-order valence-electron chi connectivity index (χ3n) is 4.35. The van der Waals surface area contributed by atoms with Gasteiger partial charge in [0.05, 0.1) is 25.8 Å². The Morgan fingerprint density at radius 2 is 1.77 bits per heavy atom. The largest absolute Gasteiger partial charge is 0.497 e. The van der Waals surface area contributed by atoms with Crippen molar-refractivity contribution in [2.24, 2.45) is 7.05 Å². The van der Waals surface area contributed by atoms with Crippen molar-refractivity contribution in [1.29, 1.82) is 0 Å². The quantitative estimate of drug-likeness (QED) is 0.435. The highest BCUT2D eigenvalue weighted by Crippen LogP contribution is 2.18. The van der Waals surface area contributed by atoms with Gasteiger partial charge in [-0.25, -0.2) is 0 Å².